The molecule has 1 unspecified atom stereocenters. The highest BCUT2D eigenvalue weighted by Crippen LogP contribution is 2.55. The molecule has 0 aliphatic rings. The summed E-state index contributed by atoms with van der Waals surface area (Å²) in [5, 5.41) is 15.2. The highest BCUT2D eigenvalue weighted by Gasteiger charge is 2.33. The van der Waals surface area contributed by atoms with E-state index in [2.05, 4.69) is 6.07 Å². The number of hydrogen-bond donors (Lipinski definition) is 0. The molecule has 0 aliphatic heterocycles. The molecular formula is C25H24NO6P. The molecule has 0 bridgehead atoms. The third-order valence-electron chi connectivity index (χ3n) is 5.30. The second-order valence-electron chi connectivity index (χ2n) is 7.35. The number of nitro benzene ring substituents is 1. The second kappa shape index (κ2) is 9.81. The van der Waals surface area contributed by atoms with Crippen LogP contribution in [0.1, 0.15) is 31.1 Å². The fraction of sp³-hybridized carbons (Fsp3) is 0.200. The number of benzene rings is 4. The summed E-state index contributed by atoms with van der Waals surface area (Å²) in [7, 11) is -3.91. The Morgan fingerprint density at radius 1 is 0.848 bits per heavy atom. The van der Waals surface area contributed by atoms with Gasteiger partial charge >= 0.3 is 7.82 Å². The highest BCUT2D eigenvalue weighted by molar-refractivity contribution is 7.48. The minimum absolute atomic E-state index is 0.0429. The first-order chi connectivity index (χ1) is 16.0. The summed E-state index contributed by atoms with van der Waals surface area (Å²) in [6, 6.07) is 23.9. The molecule has 8 heteroatoms. The average molecular weight is 465 g/mol. The summed E-state index contributed by atoms with van der Waals surface area (Å²) in [5.41, 5.74) is 1.32. The molecule has 0 aromatic heterocycles. The third-order valence-corrected chi connectivity index (χ3v) is 6.92. The van der Waals surface area contributed by atoms with Gasteiger partial charge in [0.1, 0.15) is 6.10 Å². The van der Waals surface area contributed by atoms with Crippen LogP contribution < -0.4 is 0 Å². The first kappa shape index (κ1) is 23.1. The number of fused-ring (bicyclic) bond motifs is 3. The number of nitrogens with zero attached hydrogens (tertiary/aromatic N) is 1. The molecule has 0 aliphatic carbocycles. The molecule has 0 fully saturated rings. The number of phosphoric ester groups is 1. The molecule has 0 amide bonds. The standard InChI is InChI=1S/C25H24NO6P/c1-3-30-33(29,31-4-2)32-25(18-13-15-20(16-14-18)26(27)28)24-17-19-9-5-6-10-21(19)22-11-7-8-12-23(22)24/h5-17,25H,3-4H2,1-2H3. The molecule has 4 aromatic carbocycles. The summed E-state index contributed by atoms with van der Waals surface area (Å²) in [6.45, 7) is 3.70. The van der Waals surface area contributed by atoms with Gasteiger partial charge in [0.15, 0.2) is 0 Å². The van der Waals surface area contributed by atoms with Gasteiger partial charge in [0, 0.05) is 12.1 Å². The van der Waals surface area contributed by atoms with Crippen LogP contribution in [-0.4, -0.2) is 18.1 Å². The fourth-order valence-corrected chi connectivity index (χ4v) is 5.23. The summed E-state index contributed by atoms with van der Waals surface area (Å²) >= 11 is 0. The zero-order valence-corrected chi connectivity index (χ0v) is 19.2. The van der Waals surface area contributed by atoms with Gasteiger partial charge in [0.05, 0.1) is 18.1 Å². The van der Waals surface area contributed by atoms with Crippen LogP contribution in [0.3, 0.4) is 0 Å². The van der Waals surface area contributed by atoms with Crippen molar-refractivity contribution in [2.75, 3.05) is 13.2 Å². The maximum absolute atomic E-state index is 13.4. The van der Waals surface area contributed by atoms with Crippen LogP contribution in [0.4, 0.5) is 5.69 Å². The Bertz CT molecular complexity index is 1330. The van der Waals surface area contributed by atoms with E-state index in [0.717, 1.165) is 27.1 Å². The first-order valence-corrected chi connectivity index (χ1v) is 12.1. The van der Waals surface area contributed by atoms with Gasteiger partial charge in [0.25, 0.3) is 5.69 Å². The van der Waals surface area contributed by atoms with Gasteiger partial charge in [-0.05, 0) is 64.7 Å². The van der Waals surface area contributed by atoms with E-state index in [-0.39, 0.29) is 18.9 Å². The normalized spacial score (nSPS) is 12.8. The van der Waals surface area contributed by atoms with Crippen molar-refractivity contribution in [3.63, 3.8) is 0 Å². The zero-order valence-electron chi connectivity index (χ0n) is 18.3. The minimum atomic E-state index is -3.91. The van der Waals surface area contributed by atoms with Crippen LogP contribution in [-0.2, 0) is 18.1 Å². The Morgan fingerprint density at radius 2 is 1.42 bits per heavy atom. The predicted octanol–water partition coefficient (Wildman–Crippen LogP) is 7.19. The molecule has 0 spiro atoms. The van der Waals surface area contributed by atoms with Crippen LogP contribution >= 0.6 is 7.82 Å². The lowest BCUT2D eigenvalue weighted by Crippen LogP contribution is -2.09. The quantitative estimate of drug-likeness (QED) is 0.113. The molecule has 7 nitrogen and oxygen atoms in total. The zero-order chi connectivity index (χ0) is 23.4. The lowest BCUT2D eigenvalue weighted by molar-refractivity contribution is -0.384. The van der Waals surface area contributed by atoms with Crippen molar-refractivity contribution in [3.8, 4) is 0 Å². The Kier molecular flexibility index (Phi) is 6.86. The van der Waals surface area contributed by atoms with Crippen molar-refractivity contribution in [1.29, 1.82) is 0 Å². The summed E-state index contributed by atoms with van der Waals surface area (Å²) in [5.74, 6) is 0. The van der Waals surface area contributed by atoms with Crippen LogP contribution in [0.5, 0.6) is 0 Å². The van der Waals surface area contributed by atoms with Gasteiger partial charge in [-0.25, -0.2) is 4.57 Å². The van der Waals surface area contributed by atoms with Gasteiger partial charge in [-0.2, -0.15) is 0 Å². The van der Waals surface area contributed by atoms with Gasteiger partial charge < -0.3 is 0 Å². The average Bonchev–Trinajstić information content (AvgIpc) is 2.82. The smallest absolute Gasteiger partial charge is 0.287 e. The molecule has 33 heavy (non-hydrogen) atoms. The Morgan fingerprint density at radius 3 is 2.03 bits per heavy atom. The lowest BCUT2D eigenvalue weighted by Gasteiger charge is -2.25. The molecule has 0 heterocycles. The Hall–Kier alpha value is -3.09. The largest absolute Gasteiger partial charge is 0.475 e. The van der Waals surface area contributed by atoms with E-state index >= 15 is 0 Å². The molecule has 0 N–H and O–H groups in total. The van der Waals surface area contributed by atoms with Crippen molar-refractivity contribution in [1.82, 2.24) is 0 Å². The van der Waals surface area contributed by atoms with E-state index in [1.807, 2.05) is 48.5 Å². The van der Waals surface area contributed by atoms with Crippen molar-refractivity contribution in [2.24, 2.45) is 0 Å². The third kappa shape index (κ3) is 4.82. The second-order valence-corrected chi connectivity index (χ2v) is 8.97. The molecule has 4 rings (SSSR count). The van der Waals surface area contributed by atoms with E-state index in [1.165, 1.54) is 12.1 Å². The molecule has 0 radical (unpaired) electrons. The Balaban J connectivity index is 1.95. The van der Waals surface area contributed by atoms with Crippen LogP contribution in [0, 0.1) is 10.1 Å². The monoisotopic (exact) mass is 465 g/mol. The van der Waals surface area contributed by atoms with E-state index in [9.17, 15) is 14.7 Å². The maximum atomic E-state index is 13.4. The van der Waals surface area contributed by atoms with Crippen molar-refractivity contribution >= 4 is 35.1 Å². The van der Waals surface area contributed by atoms with Crippen molar-refractivity contribution in [2.45, 2.75) is 20.0 Å². The SMILES string of the molecule is CCOP(=O)(OCC)OC(c1ccc([N+](=O)[O-])cc1)c1cc2ccccc2c2ccccc12. The minimum Gasteiger partial charge on any atom is -0.287 e. The first-order valence-electron chi connectivity index (χ1n) is 10.7. The molecular weight excluding hydrogens is 441 g/mol. The predicted molar refractivity (Wildman–Crippen MR) is 128 cm³/mol. The number of nitro groups is 1. The molecule has 0 saturated heterocycles. The van der Waals surface area contributed by atoms with E-state index in [4.69, 9.17) is 13.6 Å². The summed E-state index contributed by atoms with van der Waals surface area (Å²) in [4.78, 5) is 10.7. The van der Waals surface area contributed by atoms with Crippen LogP contribution in [0.25, 0.3) is 21.5 Å². The van der Waals surface area contributed by atoms with E-state index < -0.39 is 18.8 Å². The molecule has 0 saturated carbocycles. The molecule has 1 atom stereocenters. The van der Waals surface area contributed by atoms with Gasteiger partial charge in [-0.3, -0.25) is 23.7 Å². The Labute approximate surface area is 191 Å². The lowest BCUT2D eigenvalue weighted by atomic mass is 9.92. The van der Waals surface area contributed by atoms with E-state index in [1.54, 1.807) is 26.0 Å². The maximum Gasteiger partial charge on any atom is 0.475 e. The van der Waals surface area contributed by atoms with Crippen LogP contribution in [0.2, 0.25) is 0 Å². The summed E-state index contributed by atoms with van der Waals surface area (Å²) < 4.78 is 30.3. The molecule has 170 valence electrons. The van der Waals surface area contributed by atoms with E-state index in [0.29, 0.717) is 5.56 Å². The van der Waals surface area contributed by atoms with Gasteiger partial charge in [-0.15, -0.1) is 0 Å². The number of rotatable bonds is 9. The number of non-ortho nitro benzene ring substituents is 1. The summed E-state index contributed by atoms with van der Waals surface area (Å²) in [6.07, 6.45) is -0.843. The highest BCUT2D eigenvalue weighted by atomic mass is 31.2. The van der Waals surface area contributed by atoms with Crippen LogP contribution in [0.15, 0.2) is 78.9 Å². The number of hydrogen-bond acceptors (Lipinski definition) is 6. The van der Waals surface area contributed by atoms with Gasteiger partial charge in [0.2, 0.25) is 0 Å². The van der Waals surface area contributed by atoms with Crippen molar-refractivity contribution in [3.05, 3.63) is 100 Å². The van der Waals surface area contributed by atoms with Crippen molar-refractivity contribution < 1.29 is 23.1 Å². The van der Waals surface area contributed by atoms with Gasteiger partial charge in [-0.1, -0.05) is 48.5 Å². The molecule has 4 aromatic rings. The topological polar surface area (TPSA) is 87.9 Å². The fourth-order valence-electron chi connectivity index (χ4n) is 3.91. The number of phosphoric acid groups is 1.